The first-order valence-electron chi connectivity index (χ1n) is 6.06. The number of aryl methyl sites for hydroxylation is 2. The molecule has 0 aliphatic carbocycles. The van der Waals surface area contributed by atoms with E-state index < -0.39 is 0 Å². The highest BCUT2D eigenvalue weighted by Gasteiger charge is 2.31. The summed E-state index contributed by atoms with van der Waals surface area (Å²) in [7, 11) is 1.92. The van der Waals surface area contributed by atoms with Gasteiger partial charge in [-0.05, 0) is 26.2 Å². The van der Waals surface area contributed by atoms with Gasteiger partial charge >= 0.3 is 0 Å². The highest BCUT2D eigenvalue weighted by Crippen LogP contribution is 2.31. The van der Waals surface area contributed by atoms with E-state index in [0.29, 0.717) is 12.0 Å². The molecule has 2 rings (SSSR count). The molecular formula is C12H21N5. The molecule has 5 nitrogen and oxygen atoms in total. The van der Waals surface area contributed by atoms with Crippen molar-refractivity contribution in [3.8, 4) is 0 Å². The van der Waals surface area contributed by atoms with Gasteiger partial charge in [-0.2, -0.15) is 5.10 Å². The van der Waals surface area contributed by atoms with Crippen LogP contribution in [0.2, 0.25) is 0 Å². The molecule has 0 saturated carbocycles. The van der Waals surface area contributed by atoms with Crippen molar-refractivity contribution in [3.63, 3.8) is 0 Å². The molecule has 5 heteroatoms. The van der Waals surface area contributed by atoms with Crippen LogP contribution < -0.4 is 10.6 Å². The van der Waals surface area contributed by atoms with Crippen molar-refractivity contribution in [2.24, 2.45) is 18.7 Å². The van der Waals surface area contributed by atoms with Gasteiger partial charge in [0.05, 0.1) is 11.3 Å². The molecule has 1 aromatic rings. The van der Waals surface area contributed by atoms with Gasteiger partial charge in [0.15, 0.2) is 0 Å². The molecule has 2 atom stereocenters. The lowest BCUT2D eigenvalue weighted by molar-refractivity contribution is 0.624. The van der Waals surface area contributed by atoms with Gasteiger partial charge in [-0.3, -0.25) is 10.1 Å². The fourth-order valence-corrected chi connectivity index (χ4v) is 2.89. The minimum atomic E-state index is 0.109. The van der Waals surface area contributed by atoms with E-state index in [2.05, 4.69) is 23.8 Å². The summed E-state index contributed by atoms with van der Waals surface area (Å²) in [5.41, 5.74) is 7.30. The Morgan fingerprint density at radius 1 is 1.47 bits per heavy atom. The Kier molecular flexibility index (Phi) is 2.85. The topological polar surface area (TPSA) is 70.9 Å². The van der Waals surface area contributed by atoms with Crippen LogP contribution in [0.3, 0.4) is 0 Å². The van der Waals surface area contributed by atoms with Crippen molar-refractivity contribution < 1.29 is 0 Å². The first kappa shape index (κ1) is 12.0. The molecule has 1 aromatic heterocycles. The minimum absolute atomic E-state index is 0.109. The monoisotopic (exact) mass is 235 g/mol. The maximum absolute atomic E-state index is 7.71. The van der Waals surface area contributed by atoms with Crippen molar-refractivity contribution in [2.75, 3.05) is 11.4 Å². The Balaban J connectivity index is 2.48. The van der Waals surface area contributed by atoms with Crippen molar-refractivity contribution >= 4 is 11.7 Å². The fraction of sp³-hybridized carbons (Fsp3) is 0.667. The van der Waals surface area contributed by atoms with Crippen molar-refractivity contribution in [2.45, 2.75) is 33.2 Å². The van der Waals surface area contributed by atoms with Crippen LogP contribution in [0.5, 0.6) is 0 Å². The van der Waals surface area contributed by atoms with Gasteiger partial charge in [-0.25, -0.2) is 0 Å². The third-order valence-electron chi connectivity index (χ3n) is 3.52. The molecule has 1 fully saturated rings. The van der Waals surface area contributed by atoms with Crippen LogP contribution in [0.15, 0.2) is 0 Å². The summed E-state index contributed by atoms with van der Waals surface area (Å²) in [5, 5.41) is 12.1. The van der Waals surface area contributed by atoms with Crippen molar-refractivity contribution in [1.82, 2.24) is 9.78 Å². The number of nitrogens with zero attached hydrogens (tertiary/aromatic N) is 3. The van der Waals surface area contributed by atoms with Gasteiger partial charge in [0.1, 0.15) is 11.7 Å². The predicted molar refractivity (Wildman–Crippen MR) is 69.6 cm³/mol. The molecule has 2 unspecified atom stereocenters. The van der Waals surface area contributed by atoms with Gasteiger partial charge in [0.25, 0.3) is 0 Å². The highest BCUT2D eigenvalue weighted by atomic mass is 15.4. The van der Waals surface area contributed by atoms with E-state index in [0.717, 1.165) is 23.6 Å². The van der Waals surface area contributed by atoms with E-state index in [9.17, 15) is 0 Å². The Morgan fingerprint density at radius 2 is 2.12 bits per heavy atom. The summed E-state index contributed by atoms with van der Waals surface area (Å²) in [6.45, 7) is 7.40. The number of aromatic nitrogens is 2. The summed E-state index contributed by atoms with van der Waals surface area (Å²) in [6.07, 6.45) is 1.18. The predicted octanol–water partition coefficient (Wildman–Crippen LogP) is 1.25. The number of amidine groups is 1. The standard InChI is InChI=1S/C12H21N5/c1-7-5-8(2)17(6-7)12-10(11(13)14)9(3)15-16(12)4/h7-8H,5-6H2,1-4H3,(H3,13,14). The summed E-state index contributed by atoms with van der Waals surface area (Å²) in [5.74, 6) is 1.78. The highest BCUT2D eigenvalue weighted by molar-refractivity contribution is 6.01. The summed E-state index contributed by atoms with van der Waals surface area (Å²) < 4.78 is 1.85. The molecular weight excluding hydrogens is 214 g/mol. The second kappa shape index (κ2) is 4.05. The lowest BCUT2D eigenvalue weighted by atomic mass is 10.1. The molecule has 0 bridgehead atoms. The molecule has 3 N–H and O–H groups in total. The lowest BCUT2D eigenvalue weighted by Gasteiger charge is -2.24. The lowest BCUT2D eigenvalue weighted by Crippen LogP contribution is -2.31. The zero-order valence-electron chi connectivity index (χ0n) is 11.0. The smallest absolute Gasteiger partial charge is 0.138 e. The minimum Gasteiger partial charge on any atom is -0.384 e. The molecule has 17 heavy (non-hydrogen) atoms. The molecule has 0 spiro atoms. The van der Waals surface area contributed by atoms with E-state index in [1.165, 1.54) is 6.42 Å². The van der Waals surface area contributed by atoms with E-state index in [1.54, 1.807) is 0 Å². The quantitative estimate of drug-likeness (QED) is 0.598. The normalized spacial score (nSPS) is 24.4. The second-order valence-corrected chi connectivity index (χ2v) is 5.16. The molecule has 0 radical (unpaired) electrons. The summed E-state index contributed by atoms with van der Waals surface area (Å²) in [4.78, 5) is 2.32. The van der Waals surface area contributed by atoms with Gasteiger partial charge < -0.3 is 10.6 Å². The number of hydrogen-bond donors (Lipinski definition) is 2. The van der Waals surface area contributed by atoms with Gasteiger partial charge in [-0.1, -0.05) is 6.92 Å². The third kappa shape index (κ3) is 1.90. The van der Waals surface area contributed by atoms with Crippen molar-refractivity contribution in [3.05, 3.63) is 11.3 Å². The first-order valence-corrected chi connectivity index (χ1v) is 6.06. The van der Waals surface area contributed by atoms with Crippen LogP contribution >= 0.6 is 0 Å². The average molecular weight is 235 g/mol. The Hall–Kier alpha value is -1.52. The zero-order chi connectivity index (χ0) is 12.7. The van der Waals surface area contributed by atoms with Gasteiger partial charge in [0, 0.05) is 19.6 Å². The molecule has 94 valence electrons. The number of rotatable bonds is 2. The van der Waals surface area contributed by atoms with E-state index >= 15 is 0 Å². The third-order valence-corrected chi connectivity index (χ3v) is 3.52. The molecule has 1 aliphatic heterocycles. The molecule has 2 heterocycles. The number of anilines is 1. The molecule has 0 amide bonds. The molecule has 0 aromatic carbocycles. The molecule has 1 saturated heterocycles. The van der Waals surface area contributed by atoms with Crippen LogP contribution in [0.4, 0.5) is 5.82 Å². The van der Waals surface area contributed by atoms with Crippen LogP contribution in [0, 0.1) is 18.3 Å². The maximum Gasteiger partial charge on any atom is 0.138 e. The largest absolute Gasteiger partial charge is 0.384 e. The van der Waals surface area contributed by atoms with Crippen LogP contribution in [-0.2, 0) is 7.05 Å². The first-order chi connectivity index (χ1) is 7.91. The molecule has 1 aliphatic rings. The Labute approximate surface area is 102 Å². The average Bonchev–Trinajstić information content (AvgIpc) is 2.66. The Morgan fingerprint density at radius 3 is 2.59 bits per heavy atom. The number of nitrogen functional groups attached to an aromatic ring is 1. The van der Waals surface area contributed by atoms with Crippen LogP contribution in [-0.4, -0.2) is 28.2 Å². The number of hydrogen-bond acceptors (Lipinski definition) is 3. The van der Waals surface area contributed by atoms with E-state index in [4.69, 9.17) is 11.1 Å². The Bertz CT molecular complexity index is 448. The van der Waals surface area contributed by atoms with E-state index in [-0.39, 0.29) is 5.84 Å². The van der Waals surface area contributed by atoms with Crippen LogP contribution in [0.25, 0.3) is 0 Å². The second-order valence-electron chi connectivity index (χ2n) is 5.16. The summed E-state index contributed by atoms with van der Waals surface area (Å²) in [6, 6.07) is 0.484. The SMILES string of the molecule is Cc1nn(C)c(N2CC(C)CC2C)c1C(=N)N. The van der Waals surface area contributed by atoms with Gasteiger partial charge in [0.2, 0.25) is 0 Å². The fourth-order valence-electron chi connectivity index (χ4n) is 2.89. The summed E-state index contributed by atoms with van der Waals surface area (Å²) >= 11 is 0. The zero-order valence-corrected chi connectivity index (χ0v) is 11.0. The van der Waals surface area contributed by atoms with Crippen molar-refractivity contribution in [1.29, 1.82) is 5.41 Å². The van der Waals surface area contributed by atoms with Gasteiger partial charge in [-0.15, -0.1) is 0 Å². The number of nitrogens with two attached hydrogens (primary N) is 1. The van der Waals surface area contributed by atoms with E-state index in [1.807, 2.05) is 18.7 Å². The van der Waals surface area contributed by atoms with Crippen LogP contribution in [0.1, 0.15) is 31.5 Å². The number of nitrogens with one attached hydrogen (secondary N) is 1. The maximum atomic E-state index is 7.71.